The van der Waals surface area contributed by atoms with Crippen LogP contribution in [-0.4, -0.2) is 36.6 Å². The zero-order valence-electron chi connectivity index (χ0n) is 12.5. The minimum absolute atomic E-state index is 0.269. The highest BCUT2D eigenvalue weighted by molar-refractivity contribution is 5.92. The minimum atomic E-state index is -0.781. The molecule has 0 spiro atoms. The Hall–Kier alpha value is -2.47. The van der Waals surface area contributed by atoms with Gasteiger partial charge in [0, 0.05) is 20.6 Å². The smallest absolute Gasteiger partial charge is 0.269 e. The van der Waals surface area contributed by atoms with E-state index in [-0.39, 0.29) is 18.3 Å². The Morgan fingerprint density at radius 2 is 2.00 bits per heavy atom. The number of pyridine rings is 1. The van der Waals surface area contributed by atoms with E-state index in [1.165, 1.54) is 12.1 Å². The second-order valence-electron chi connectivity index (χ2n) is 4.91. The van der Waals surface area contributed by atoms with Gasteiger partial charge in [0.2, 0.25) is 0 Å². The van der Waals surface area contributed by atoms with Crippen LogP contribution >= 0.6 is 0 Å². The summed E-state index contributed by atoms with van der Waals surface area (Å²) in [6, 6.07) is 10.8. The van der Waals surface area contributed by atoms with Crippen molar-refractivity contribution in [2.45, 2.75) is 6.10 Å². The molecule has 5 nitrogen and oxygen atoms in total. The Balaban J connectivity index is 2.09. The molecule has 1 heterocycles. The van der Waals surface area contributed by atoms with Gasteiger partial charge in [0.05, 0.1) is 6.10 Å². The summed E-state index contributed by atoms with van der Waals surface area (Å²) in [4.78, 5) is 17.6. The van der Waals surface area contributed by atoms with E-state index in [2.05, 4.69) is 10.3 Å². The average molecular weight is 303 g/mol. The number of likely N-dealkylation sites (N-methyl/N-ethyl adjacent to an activating group) is 1. The van der Waals surface area contributed by atoms with Crippen molar-refractivity contribution in [2.75, 3.05) is 25.5 Å². The maximum absolute atomic E-state index is 12.9. The lowest BCUT2D eigenvalue weighted by Gasteiger charge is -2.22. The predicted molar refractivity (Wildman–Crippen MR) is 82.3 cm³/mol. The van der Waals surface area contributed by atoms with E-state index in [1.807, 2.05) is 0 Å². The highest BCUT2D eigenvalue weighted by Crippen LogP contribution is 2.18. The molecule has 0 bridgehead atoms. The number of amides is 1. The fourth-order valence-electron chi connectivity index (χ4n) is 2.03. The number of hydrogen-bond donors (Lipinski definition) is 2. The van der Waals surface area contributed by atoms with Crippen molar-refractivity contribution in [3.05, 3.63) is 59.5 Å². The number of nitrogens with one attached hydrogen (secondary N) is 1. The van der Waals surface area contributed by atoms with Gasteiger partial charge in [0.25, 0.3) is 5.91 Å². The SMILES string of the molecule is CNC(=O)c1cccc(N(C)C[C@@H](O)c2ccc(F)cc2)n1. The van der Waals surface area contributed by atoms with Crippen LogP contribution in [0.4, 0.5) is 10.2 Å². The molecular formula is C16H18FN3O2. The van der Waals surface area contributed by atoms with Gasteiger partial charge in [0.15, 0.2) is 0 Å². The predicted octanol–water partition coefficient (Wildman–Crippen LogP) is 1.75. The third kappa shape index (κ3) is 3.79. The van der Waals surface area contributed by atoms with E-state index in [9.17, 15) is 14.3 Å². The number of aliphatic hydroxyl groups is 1. The molecule has 0 saturated carbocycles. The Morgan fingerprint density at radius 3 is 2.64 bits per heavy atom. The van der Waals surface area contributed by atoms with Crippen LogP contribution in [0.1, 0.15) is 22.2 Å². The molecule has 0 aliphatic rings. The van der Waals surface area contributed by atoms with Gasteiger partial charge in [-0.15, -0.1) is 0 Å². The Bertz CT molecular complexity index is 646. The van der Waals surface area contributed by atoms with Crippen LogP contribution in [0.25, 0.3) is 0 Å². The van der Waals surface area contributed by atoms with Crippen molar-refractivity contribution in [3.8, 4) is 0 Å². The minimum Gasteiger partial charge on any atom is -0.387 e. The molecule has 2 rings (SSSR count). The monoisotopic (exact) mass is 303 g/mol. The molecule has 116 valence electrons. The first-order valence-electron chi connectivity index (χ1n) is 6.85. The maximum atomic E-state index is 12.9. The molecule has 0 unspecified atom stereocenters. The molecule has 0 fully saturated rings. The van der Waals surface area contributed by atoms with Gasteiger partial charge in [-0.25, -0.2) is 9.37 Å². The van der Waals surface area contributed by atoms with Crippen molar-refractivity contribution in [3.63, 3.8) is 0 Å². The molecular weight excluding hydrogens is 285 g/mol. The highest BCUT2D eigenvalue weighted by Gasteiger charge is 2.13. The van der Waals surface area contributed by atoms with Gasteiger partial charge >= 0.3 is 0 Å². The van der Waals surface area contributed by atoms with Gasteiger partial charge in [-0.1, -0.05) is 18.2 Å². The fourth-order valence-corrected chi connectivity index (χ4v) is 2.03. The average Bonchev–Trinajstić information content (AvgIpc) is 2.54. The molecule has 2 aromatic rings. The molecule has 6 heteroatoms. The number of carbonyl (C=O) groups excluding carboxylic acids is 1. The fraction of sp³-hybridized carbons (Fsp3) is 0.250. The summed E-state index contributed by atoms with van der Waals surface area (Å²) < 4.78 is 12.9. The zero-order chi connectivity index (χ0) is 16.1. The van der Waals surface area contributed by atoms with Crippen molar-refractivity contribution in [1.82, 2.24) is 10.3 Å². The number of carbonyl (C=O) groups is 1. The third-order valence-electron chi connectivity index (χ3n) is 3.29. The number of nitrogens with zero attached hydrogens (tertiary/aromatic N) is 2. The number of benzene rings is 1. The molecule has 0 aliphatic carbocycles. The van der Waals surface area contributed by atoms with E-state index in [0.717, 1.165) is 0 Å². The number of hydrogen-bond acceptors (Lipinski definition) is 4. The van der Waals surface area contributed by atoms with Crippen molar-refractivity contribution in [1.29, 1.82) is 0 Å². The number of rotatable bonds is 5. The standard InChI is InChI=1S/C16H18FN3O2/c1-18-16(22)13-4-3-5-15(19-13)20(2)10-14(21)11-6-8-12(17)9-7-11/h3-9,14,21H,10H2,1-2H3,(H,18,22)/t14-/m1/s1. The lowest BCUT2D eigenvalue weighted by Crippen LogP contribution is -2.26. The first-order chi connectivity index (χ1) is 10.5. The molecule has 2 N–H and O–H groups in total. The molecule has 0 radical (unpaired) electrons. The van der Waals surface area contributed by atoms with E-state index in [1.54, 1.807) is 49.3 Å². The summed E-state index contributed by atoms with van der Waals surface area (Å²) in [5.41, 5.74) is 0.929. The molecule has 1 aromatic heterocycles. The van der Waals surface area contributed by atoms with Gasteiger partial charge in [-0.3, -0.25) is 4.79 Å². The lowest BCUT2D eigenvalue weighted by atomic mass is 10.1. The summed E-state index contributed by atoms with van der Waals surface area (Å²) in [7, 11) is 3.31. The number of halogens is 1. The van der Waals surface area contributed by atoms with Crippen molar-refractivity contribution in [2.24, 2.45) is 0 Å². The number of aliphatic hydroxyl groups excluding tert-OH is 1. The Morgan fingerprint density at radius 1 is 1.32 bits per heavy atom. The van der Waals surface area contributed by atoms with Crippen LogP contribution in [-0.2, 0) is 0 Å². The summed E-state index contributed by atoms with van der Waals surface area (Å²) in [5.74, 6) is -0.0409. The highest BCUT2D eigenvalue weighted by atomic mass is 19.1. The van der Waals surface area contributed by atoms with Gasteiger partial charge in [-0.05, 0) is 29.8 Å². The number of aromatic nitrogens is 1. The van der Waals surface area contributed by atoms with E-state index < -0.39 is 6.10 Å². The van der Waals surface area contributed by atoms with Crippen molar-refractivity contribution < 1.29 is 14.3 Å². The van der Waals surface area contributed by atoms with Crippen LogP contribution in [0.2, 0.25) is 0 Å². The molecule has 1 amide bonds. The molecule has 0 saturated heterocycles. The summed E-state index contributed by atoms with van der Waals surface area (Å²) in [6.07, 6.45) is -0.781. The molecule has 0 aliphatic heterocycles. The van der Waals surface area contributed by atoms with E-state index in [0.29, 0.717) is 17.1 Å². The van der Waals surface area contributed by atoms with Crippen LogP contribution < -0.4 is 10.2 Å². The zero-order valence-corrected chi connectivity index (χ0v) is 12.5. The van der Waals surface area contributed by atoms with Gasteiger partial charge in [-0.2, -0.15) is 0 Å². The van der Waals surface area contributed by atoms with E-state index >= 15 is 0 Å². The van der Waals surface area contributed by atoms with Crippen LogP contribution in [0.15, 0.2) is 42.5 Å². The number of anilines is 1. The Labute approximate surface area is 128 Å². The molecule has 1 atom stereocenters. The van der Waals surface area contributed by atoms with Crippen molar-refractivity contribution >= 4 is 11.7 Å². The lowest BCUT2D eigenvalue weighted by molar-refractivity contribution is 0.0958. The van der Waals surface area contributed by atoms with Crippen LogP contribution in [0.5, 0.6) is 0 Å². The third-order valence-corrected chi connectivity index (χ3v) is 3.29. The molecule has 22 heavy (non-hydrogen) atoms. The van der Waals surface area contributed by atoms with Gasteiger partial charge in [0.1, 0.15) is 17.3 Å². The van der Waals surface area contributed by atoms with Gasteiger partial charge < -0.3 is 15.3 Å². The first-order valence-corrected chi connectivity index (χ1v) is 6.85. The molecule has 1 aromatic carbocycles. The Kier molecular flexibility index (Phi) is 5.06. The second kappa shape index (κ2) is 7.00. The maximum Gasteiger partial charge on any atom is 0.269 e. The summed E-state index contributed by atoms with van der Waals surface area (Å²) >= 11 is 0. The van der Waals surface area contributed by atoms with E-state index in [4.69, 9.17) is 0 Å². The second-order valence-corrected chi connectivity index (χ2v) is 4.91. The van der Waals surface area contributed by atoms with Crippen LogP contribution in [0.3, 0.4) is 0 Å². The largest absolute Gasteiger partial charge is 0.387 e. The first kappa shape index (κ1) is 15.9. The summed E-state index contributed by atoms with van der Waals surface area (Å²) in [6.45, 7) is 0.274. The quantitative estimate of drug-likeness (QED) is 0.883. The summed E-state index contributed by atoms with van der Waals surface area (Å²) in [5, 5.41) is 12.7. The topological polar surface area (TPSA) is 65.5 Å². The normalized spacial score (nSPS) is 11.8. The van der Waals surface area contributed by atoms with Crippen LogP contribution in [0, 0.1) is 5.82 Å².